The quantitative estimate of drug-likeness (QED) is 0.0876. The van der Waals surface area contributed by atoms with Crippen LogP contribution in [-0.4, -0.2) is 29.9 Å². The topological polar surface area (TPSA) is 126 Å². The molecule has 9 nitrogen and oxygen atoms in total. The van der Waals surface area contributed by atoms with E-state index in [0.717, 1.165) is 0 Å². The molecule has 3 N–H and O–H groups in total. The van der Waals surface area contributed by atoms with Crippen molar-refractivity contribution in [3.8, 4) is 5.75 Å². The Morgan fingerprint density at radius 2 is 1.32 bits per heavy atom. The van der Waals surface area contributed by atoms with Crippen LogP contribution in [0.2, 0.25) is 10.0 Å². The SMILES string of the molecule is O=C(N/N=C/c1ccc(OC(=O)c2ccc(Cl)cc2)cc1)C(=O)Nc1ccccc1C(=O)Nc1ccc(Cl)cc1. The smallest absolute Gasteiger partial charge is 0.343 e. The van der Waals surface area contributed by atoms with Gasteiger partial charge in [-0.1, -0.05) is 35.3 Å². The highest BCUT2D eigenvalue weighted by Crippen LogP contribution is 2.19. The number of hydrogen-bond donors (Lipinski definition) is 3. The molecule has 0 aliphatic heterocycles. The number of nitrogens with zero attached hydrogens (tertiary/aromatic N) is 1. The lowest BCUT2D eigenvalue weighted by Gasteiger charge is -2.11. The largest absolute Gasteiger partial charge is 0.423 e. The minimum Gasteiger partial charge on any atom is -0.423 e. The van der Waals surface area contributed by atoms with E-state index in [4.69, 9.17) is 27.9 Å². The lowest BCUT2D eigenvalue weighted by atomic mass is 10.1. The summed E-state index contributed by atoms with van der Waals surface area (Å²) in [7, 11) is 0. The summed E-state index contributed by atoms with van der Waals surface area (Å²) in [6.45, 7) is 0. The molecule has 0 bridgehead atoms. The van der Waals surface area contributed by atoms with Crippen molar-refractivity contribution < 1.29 is 23.9 Å². The Hall–Kier alpha value is -4.99. The lowest BCUT2D eigenvalue weighted by molar-refractivity contribution is -0.136. The molecule has 4 aromatic carbocycles. The monoisotopic (exact) mass is 574 g/mol. The van der Waals surface area contributed by atoms with E-state index in [1.54, 1.807) is 84.9 Å². The molecule has 0 fully saturated rings. The Bertz CT molecular complexity index is 1570. The van der Waals surface area contributed by atoms with Crippen LogP contribution in [0.1, 0.15) is 26.3 Å². The predicted octanol–water partition coefficient (Wildman–Crippen LogP) is 5.55. The van der Waals surface area contributed by atoms with Crippen LogP contribution in [0, 0.1) is 0 Å². The minimum absolute atomic E-state index is 0.141. The molecule has 0 spiro atoms. The number of para-hydroxylation sites is 1. The number of anilines is 2. The van der Waals surface area contributed by atoms with Crippen LogP contribution in [0.3, 0.4) is 0 Å². The van der Waals surface area contributed by atoms with Crippen molar-refractivity contribution in [3.05, 3.63) is 124 Å². The number of ether oxygens (including phenoxy) is 1. The number of benzene rings is 4. The Balaban J connectivity index is 1.30. The van der Waals surface area contributed by atoms with Crippen molar-refractivity contribution in [2.24, 2.45) is 5.10 Å². The maximum absolute atomic E-state index is 12.7. The number of hydrazone groups is 1. The molecule has 0 aliphatic rings. The number of hydrogen-bond acceptors (Lipinski definition) is 6. The number of carbonyl (C=O) groups is 4. The second kappa shape index (κ2) is 13.2. The van der Waals surface area contributed by atoms with E-state index in [1.165, 1.54) is 18.3 Å². The van der Waals surface area contributed by atoms with Gasteiger partial charge in [-0.05, 0) is 90.5 Å². The number of carbonyl (C=O) groups excluding carboxylic acids is 4. The summed E-state index contributed by atoms with van der Waals surface area (Å²) in [6, 6.07) is 25.4. The van der Waals surface area contributed by atoms with Gasteiger partial charge in [0.1, 0.15) is 5.75 Å². The van der Waals surface area contributed by atoms with E-state index in [1.807, 2.05) is 0 Å². The van der Waals surface area contributed by atoms with Crippen LogP contribution < -0.4 is 20.8 Å². The summed E-state index contributed by atoms with van der Waals surface area (Å²) >= 11 is 11.7. The van der Waals surface area contributed by atoms with Gasteiger partial charge in [0, 0.05) is 15.7 Å². The zero-order valence-corrected chi connectivity index (χ0v) is 22.1. The summed E-state index contributed by atoms with van der Waals surface area (Å²) < 4.78 is 5.31. The molecule has 4 aromatic rings. The van der Waals surface area contributed by atoms with Crippen LogP contribution in [0.15, 0.2) is 102 Å². The zero-order valence-electron chi connectivity index (χ0n) is 20.6. The van der Waals surface area contributed by atoms with Crippen molar-refractivity contribution in [2.75, 3.05) is 10.6 Å². The van der Waals surface area contributed by atoms with E-state index in [9.17, 15) is 19.2 Å². The van der Waals surface area contributed by atoms with Gasteiger partial charge in [-0.2, -0.15) is 5.10 Å². The van der Waals surface area contributed by atoms with Crippen LogP contribution in [0.4, 0.5) is 11.4 Å². The fraction of sp³-hybridized carbons (Fsp3) is 0. The molecule has 11 heteroatoms. The Kier molecular flexibility index (Phi) is 9.24. The first kappa shape index (κ1) is 28.0. The van der Waals surface area contributed by atoms with E-state index < -0.39 is 23.7 Å². The van der Waals surface area contributed by atoms with Gasteiger partial charge in [-0.15, -0.1) is 0 Å². The fourth-order valence-corrected chi connectivity index (χ4v) is 3.54. The predicted molar refractivity (Wildman–Crippen MR) is 153 cm³/mol. The van der Waals surface area contributed by atoms with Gasteiger partial charge < -0.3 is 15.4 Å². The highest BCUT2D eigenvalue weighted by molar-refractivity contribution is 6.40. The third-order valence-electron chi connectivity index (χ3n) is 5.28. The summed E-state index contributed by atoms with van der Waals surface area (Å²) in [5, 5.41) is 9.92. The number of nitrogens with one attached hydrogen (secondary N) is 3. The van der Waals surface area contributed by atoms with Gasteiger partial charge in [0.2, 0.25) is 0 Å². The highest BCUT2D eigenvalue weighted by Gasteiger charge is 2.18. The molecule has 3 amide bonds. The Morgan fingerprint density at radius 1 is 0.700 bits per heavy atom. The standard InChI is InChI=1S/C29H20Cl2N4O5/c30-20-9-7-19(8-10-20)29(39)40-23-15-5-18(6-16-23)17-32-35-28(38)27(37)34-25-4-2-1-3-24(25)26(36)33-22-13-11-21(31)12-14-22/h1-17H,(H,33,36)(H,34,37)(H,35,38)/b32-17+. The van der Waals surface area contributed by atoms with Crippen molar-refractivity contribution in [3.63, 3.8) is 0 Å². The van der Waals surface area contributed by atoms with E-state index >= 15 is 0 Å². The van der Waals surface area contributed by atoms with Crippen LogP contribution >= 0.6 is 23.2 Å². The van der Waals surface area contributed by atoms with Crippen LogP contribution in [0.5, 0.6) is 5.75 Å². The van der Waals surface area contributed by atoms with Gasteiger partial charge in [0.15, 0.2) is 0 Å². The highest BCUT2D eigenvalue weighted by atomic mass is 35.5. The maximum Gasteiger partial charge on any atom is 0.343 e. The molecule has 40 heavy (non-hydrogen) atoms. The number of rotatable bonds is 7. The van der Waals surface area contributed by atoms with Crippen molar-refractivity contribution in [1.82, 2.24) is 5.43 Å². The summed E-state index contributed by atoms with van der Waals surface area (Å²) in [5.74, 6) is -2.79. The van der Waals surface area contributed by atoms with Crippen LogP contribution in [0.25, 0.3) is 0 Å². The molecule has 4 rings (SSSR count). The zero-order chi connectivity index (χ0) is 28.5. The summed E-state index contributed by atoms with van der Waals surface area (Å²) in [5.41, 5.74) is 3.84. The number of esters is 1. The van der Waals surface area contributed by atoms with Crippen molar-refractivity contribution in [1.29, 1.82) is 0 Å². The molecule has 0 aliphatic carbocycles. The van der Waals surface area contributed by atoms with Gasteiger partial charge in [-0.3, -0.25) is 14.4 Å². The Labute approximate surface area is 238 Å². The molecule has 0 heterocycles. The van der Waals surface area contributed by atoms with E-state index in [2.05, 4.69) is 21.2 Å². The number of halogens is 2. The molecule has 0 aromatic heterocycles. The third kappa shape index (κ3) is 7.76. The molecule has 0 saturated carbocycles. The van der Waals surface area contributed by atoms with E-state index in [-0.39, 0.29) is 11.3 Å². The van der Waals surface area contributed by atoms with Crippen molar-refractivity contribution >= 4 is 64.5 Å². The van der Waals surface area contributed by atoms with Crippen LogP contribution in [-0.2, 0) is 9.59 Å². The first-order valence-electron chi connectivity index (χ1n) is 11.7. The summed E-state index contributed by atoms with van der Waals surface area (Å²) in [6.07, 6.45) is 1.31. The first-order chi connectivity index (χ1) is 19.3. The molecule has 200 valence electrons. The van der Waals surface area contributed by atoms with Gasteiger partial charge >= 0.3 is 17.8 Å². The number of amides is 3. The second-order valence-electron chi connectivity index (χ2n) is 8.13. The molecular weight excluding hydrogens is 555 g/mol. The molecule has 0 radical (unpaired) electrons. The van der Waals surface area contributed by atoms with Gasteiger partial charge in [0.25, 0.3) is 5.91 Å². The van der Waals surface area contributed by atoms with E-state index in [0.29, 0.717) is 32.6 Å². The second-order valence-corrected chi connectivity index (χ2v) is 9.00. The van der Waals surface area contributed by atoms with Gasteiger partial charge in [-0.25, -0.2) is 10.2 Å². The fourth-order valence-electron chi connectivity index (χ4n) is 3.29. The molecule has 0 unspecified atom stereocenters. The average molecular weight is 575 g/mol. The molecular formula is C29H20Cl2N4O5. The summed E-state index contributed by atoms with van der Waals surface area (Å²) in [4.78, 5) is 49.6. The minimum atomic E-state index is -1.04. The van der Waals surface area contributed by atoms with Gasteiger partial charge in [0.05, 0.1) is 23.0 Å². The normalized spacial score (nSPS) is 10.6. The lowest BCUT2D eigenvalue weighted by Crippen LogP contribution is -2.33. The maximum atomic E-state index is 12.7. The molecule has 0 saturated heterocycles. The average Bonchev–Trinajstić information content (AvgIpc) is 2.95. The Morgan fingerprint density at radius 3 is 2.00 bits per heavy atom. The third-order valence-corrected chi connectivity index (χ3v) is 5.78. The van der Waals surface area contributed by atoms with Crippen molar-refractivity contribution in [2.45, 2.75) is 0 Å². The first-order valence-corrected chi connectivity index (χ1v) is 12.4. The molecule has 0 atom stereocenters.